The number of anilines is 1. The first kappa shape index (κ1) is 12.3. The van der Waals surface area contributed by atoms with Crippen molar-refractivity contribution in [3.63, 3.8) is 0 Å². The van der Waals surface area contributed by atoms with E-state index in [2.05, 4.69) is 0 Å². The molecule has 0 radical (unpaired) electrons. The molecule has 1 aromatic heterocycles. The van der Waals surface area contributed by atoms with Crippen molar-refractivity contribution in [2.75, 3.05) is 5.73 Å². The van der Waals surface area contributed by atoms with Gasteiger partial charge in [-0.3, -0.25) is 0 Å². The standard InChI is InChI=1S/C16H21NO3/c1-7-12(16(18)19)14(15(17)20-7)13-10-3-8-2-9(5-10)6-11(13)4-8/h8-11,13H,2-6,17H2,1H3,(H,18,19). The first-order valence-corrected chi connectivity index (χ1v) is 7.66. The van der Waals surface area contributed by atoms with Crippen molar-refractivity contribution in [2.45, 2.75) is 44.9 Å². The summed E-state index contributed by atoms with van der Waals surface area (Å²) in [5.74, 6) is 3.19. The summed E-state index contributed by atoms with van der Waals surface area (Å²) in [5.41, 5.74) is 7.17. The molecule has 1 heterocycles. The summed E-state index contributed by atoms with van der Waals surface area (Å²) in [6, 6.07) is 0. The molecule has 4 nitrogen and oxygen atoms in total. The van der Waals surface area contributed by atoms with E-state index >= 15 is 0 Å². The second kappa shape index (κ2) is 4.03. The number of carboxylic acids is 1. The number of aromatic carboxylic acids is 1. The van der Waals surface area contributed by atoms with Gasteiger partial charge < -0.3 is 15.3 Å². The summed E-state index contributed by atoms with van der Waals surface area (Å²) in [5, 5.41) is 9.50. The van der Waals surface area contributed by atoms with Gasteiger partial charge in [0, 0.05) is 5.56 Å². The zero-order chi connectivity index (χ0) is 14.0. The Labute approximate surface area is 118 Å². The van der Waals surface area contributed by atoms with Crippen molar-refractivity contribution in [1.29, 1.82) is 0 Å². The van der Waals surface area contributed by atoms with Crippen molar-refractivity contribution < 1.29 is 14.3 Å². The highest BCUT2D eigenvalue weighted by Crippen LogP contribution is 2.61. The van der Waals surface area contributed by atoms with Crippen molar-refractivity contribution in [2.24, 2.45) is 23.7 Å². The van der Waals surface area contributed by atoms with E-state index in [0.717, 1.165) is 17.4 Å². The third-order valence-electron chi connectivity index (χ3n) is 5.92. The van der Waals surface area contributed by atoms with Crippen LogP contribution in [0.15, 0.2) is 4.42 Å². The van der Waals surface area contributed by atoms with Gasteiger partial charge in [0.1, 0.15) is 11.3 Å². The molecule has 4 fully saturated rings. The van der Waals surface area contributed by atoms with Crippen LogP contribution in [0, 0.1) is 30.6 Å². The minimum Gasteiger partial charge on any atom is -0.478 e. The molecule has 4 aliphatic rings. The van der Waals surface area contributed by atoms with Crippen molar-refractivity contribution >= 4 is 11.9 Å². The molecule has 1 aromatic rings. The molecule has 0 unspecified atom stereocenters. The molecule has 4 saturated carbocycles. The maximum absolute atomic E-state index is 11.6. The van der Waals surface area contributed by atoms with Crippen LogP contribution in [0.2, 0.25) is 0 Å². The maximum atomic E-state index is 11.6. The Hall–Kier alpha value is -1.45. The minimum absolute atomic E-state index is 0.311. The Morgan fingerprint density at radius 3 is 2.20 bits per heavy atom. The van der Waals surface area contributed by atoms with Crippen molar-refractivity contribution in [3.8, 4) is 0 Å². The molecule has 4 bridgehead atoms. The molecule has 108 valence electrons. The smallest absolute Gasteiger partial charge is 0.339 e. The van der Waals surface area contributed by atoms with E-state index in [0.29, 0.717) is 35.0 Å². The highest BCUT2D eigenvalue weighted by molar-refractivity contribution is 5.92. The van der Waals surface area contributed by atoms with Crippen molar-refractivity contribution in [3.05, 3.63) is 16.9 Å². The lowest BCUT2D eigenvalue weighted by molar-refractivity contribution is -0.00299. The molecule has 0 amide bonds. The fraction of sp³-hybridized carbons (Fsp3) is 0.688. The highest BCUT2D eigenvalue weighted by atomic mass is 16.4. The van der Waals surface area contributed by atoms with Crippen LogP contribution in [0.4, 0.5) is 5.88 Å². The molecule has 0 atom stereocenters. The van der Waals surface area contributed by atoms with Gasteiger partial charge in [-0.2, -0.15) is 0 Å². The average molecular weight is 275 g/mol. The zero-order valence-corrected chi connectivity index (χ0v) is 11.8. The number of nitrogen functional groups attached to an aromatic ring is 1. The van der Waals surface area contributed by atoms with Gasteiger partial charge in [0.25, 0.3) is 0 Å². The van der Waals surface area contributed by atoms with E-state index in [1.165, 1.54) is 32.1 Å². The molecular weight excluding hydrogens is 254 g/mol. The van der Waals surface area contributed by atoms with Gasteiger partial charge in [-0.05, 0) is 68.6 Å². The van der Waals surface area contributed by atoms with E-state index in [4.69, 9.17) is 10.2 Å². The largest absolute Gasteiger partial charge is 0.478 e. The second-order valence-electron chi connectivity index (χ2n) is 7.07. The van der Waals surface area contributed by atoms with Crippen LogP contribution in [-0.4, -0.2) is 11.1 Å². The van der Waals surface area contributed by atoms with Crippen molar-refractivity contribution in [1.82, 2.24) is 0 Å². The van der Waals surface area contributed by atoms with Gasteiger partial charge >= 0.3 is 5.97 Å². The predicted molar refractivity (Wildman–Crippen MR) is 74.6 cm³/mol. The van der Waals surface area contributed by atoms with Crippen LogP contribution < -0.4 is 5.73 Å². The Balaban J connectivity index is 1.80. The predicted octanol–water partition coefficient (Wildman–Crippen LogP) is 3.41. The van der Waals surface area contributed by atoms with Crippen LogP contribution in [0.5, 0.6) is 0 Å². The Bertz CT molecular complexity index is 547. The van der Waals surface area contributed by atoms with Gasteiger partial charge in [-0.1, -0.05) is 0 Å². The average Bonchev–Trinajstić information content (AvgIpc) is 2.63. The number of furan rings is 1. The number of hydrogen-bond donors (Lipinski definition) is 2. The van der Waals surface area contributed by atoms with Crippen LogP contribution >= 0.6 is 0 Å². The summed E-state index contributed by atoms with van der Waals surface area (Å²) in [6.45, 7) is 1.71. The third kappa shape index (κ3) is 1.57. The quantitative estimate of drug-likeness (QED) is 0.867. The van der Waals surface area contributed by atoms with Gasteiger partial charge in [0.15, 0.2) is 5.88 Å². The summed E-state index contributed by atoms with van der Waals surface area (Å²) in [4.78, 5) is 11.6. The Morgan fingerprint density at radius 2 is 1.70 bits per heavy atom. The molecule has 20 heavy (non-hydrogen) atoms. The summed E-state index contributed by atoms with van der Waals surface area (Å²) in [6.07, 6.45) is 6.40. The number of hydrogen-bond acceptors (Lipinski definition) is 3. The van der Waals surface area contributed by atoms with E-state index in [-0.39, 0.29) is 0 Å². The zero-order valence-electron chi connectivity index (χ0n) is 11.8. The molecule has 0 aliphatic heterocycles. The number of carbonyl (C=O) groups is 1. The van der Waals surface area contributed by atoms with Crippen LogP contribution in [0.3, 0.4) is 0 Å². The lowest BCUT2D eigenvalue weighted by Crippen LogP contribution is -2.44. The summed E-state index contributed by atoms with van der Waals surface area (Å²) in [7, 11) is 0. The number of aryl methyl sites for hydroxylation is 1. The van der Waals surface area contributed by atoms with Crippen LogP contribution in [0.1, 0.15) is 59.7 Å². The Kier molecular flexibility index (Phi) is 2.48. The minimum atomic E-state index is -0.897. The fourth-order valence-corrected chi connectivity index (χ4v) is 5.58. The lowest BCUT2D eigenvalue weighted by Gasteiger charge is -2.54. The van der Waals surface area contributed by atoms with Gasteiger partial charge in [-0.15, -0.1) is 0 Å². The number of nitrogens with two attached hydrogens (primary N) is 1. The maximum Gasteiger partial charge on any atom is 0.339 e. The molecule has 3 N–H and O–H groups in total. The number of carboxylic acid groups (broad SMARTS) is 1. The summed E-state index contributed by atoms with van der Waals surface area (Å²) >= 11 is 0. The first-order valence-electron chi connectivity index (χ1n) is 7.66. The molecule has 4 heteroatoms. The number of rotatable bonds is 2. The van der Waals surface area contributed by atoms with E-state index in [1.54, 1.807) is 6.92 Å². The molecular formula is C16H21NO3. The molecule has 0 saturated heterocycles. The molecule has 0 spiro atoms. The lowest BCUT2D eigenvalue weighted by atomic mass is 9.50. The van der Waals surface area contributed by atoms with Crippen LogP contribution in [-0.2, 0) is 0 Å². The van der Waals surface area contributed by atoms with E-state index in [9.17, 15) is 9.90 Å². The normalized spacial score (nSPS) is 38.4. The SMILES string of the molecule is Cc1oc(N)c(C2C3CC4CC(C3)CC2C4)c1C(=O)O. The van der Waals surface area contributed by atoms with Gasteiger partial charge in [-0.25, -0.2) is 4.79 Å². The van der Waals surface area contributed by atoms with Gasteiger partial charge in [0.05, 0.1) is 0 Å². The topological polar surface area (TPSA) is 76.5 Å². The summed E-state index contributed by atoms with van der Waals surface area (Å²) < 4.78 is 5.46. The van der Waals surface area contributed by atoms with Gasteiger partial charge in [0.2, 0.25) is 0 Å². The molecule has 0 aromatic carbocycles. The Morgan fingerprint density at radius 1 is 1.15 bits per heavy atom. The molecule has 4 aliphatic carbocycles. The van der Waals surface area contributed by atoms with E-state index in [1.807, 2.05) is 0 Å². The van der Waals surface area contributed by atoms with E-state index < -0.39 is 5.97 Å². The second-order valence-corrected chi connectivity index (χ2v) is 7.07. The fourth-order valence-electron chi connectivity index (χ4n) is 5.58. The first-order chi connectivity index (χ1) is 9.54. The highest BCUT2D eigenvalue weighted by Gasteiger charge is 2.50. The monoisotopic (exact) mass is 275 g/mol. The third-order valence-corrected chi connectivity index (χ3v) is 5.92. The van der Waals surface area contributed by atoms with Crippen LogP contribution in [0.25, 0.3) is 0 Å². The molecule has 5 rings (SSSR count).